The summed E-state index contributed by atoms with van der Waals surface area (Å²) in [5.74, 6) is -2.46. The predicted octanol–water partition coefficient (Wildman–Crippen LogP) is 1.07. The first-order valence-electron chi connectivity index (χ1n) is 12.5. The van der Waals surface area contributed by atoms with Crippen molar-refractivity contribution in [3.63, 3.8) is 0 Å². The van der Waals surface area contributed by atoms with Crippen molar-refractivity contribution in [1.29, 1.82) is 0 Å². The van der Waals surface area contributed by atoms with Crippen LogP contribution in [0.4, 0.5) is 0 Å². The molecule has 8 atom stereocenters. The summed E-state index contributed by atoms with van der Waals surface area (Å²) in [6.07, 6.45) is -8.27. The molecule has 216 valence electrons. The molecule has 0 saturated carbocycles. The van der Waals surface area contributed by atoms with Crippen molar-refractivity contribution in [3.8, 4) is 5.75 Å². The number of rotatable bonds is 9. The fourth-order valence-corrected chi connectivity index (χ4v) is 4.51. The van der Waals surface area contributed by atoms with E-state index in [0.29, 0.717) is 5.56 Å². The van der Waals surface area contributed by atoms with Gasteiger partial charge in [-0.2, -0.15) is 0 Å². The summed E-state index contributed by atoms with van der Waals surface area (Å²) in [7, 11) is 0. The second-order valence-corrected chi connectivity index (χ2v) is 9.36. The molecule has 2 aliphatic rings. The number of benzene rings is 1. The third kappa shape index (κ3) is 8.88. The van der Waals surface area contributed by atoms with Crippen LogP contribution in [0, 0.1) is 0 Å². The highest BCUT2D eigenvalue weighted by atomic mass is 16.7. The summed E-state index contributed by atoms with van der Waals surface area (Å²) in [4.78, 5) is 46.5. The fraction of sp³-hybridized carbons (Fsp3) is 0.615. The summed E-state index contributed by atoms with van der Waals surface area (Å²) >= 11 is 0. The Hall–Kier alpha value is -3.26. The first-order chi connectivity index (χ1) is 18.4. The molecule has 2 fully saturated rings. The summed E-state index contributed by atoms with van der Waals surface area (Å²) in [6, 6.07) is 6.10. The van der Waals surface area contributed by atoms with Crippen LogP contribution in [0.15, 0.2) is 24.3 Å². The summed E-state index contributed by atoms with van der Waals surface area (Å²) in [5, 5.41) is 21.2. The molecular weight excluding hydrogens is 520 g/mol. The van der Waals surface area contributed by atoms with Crippen LogP contribution in [-0.4, -0.2) is 90.2 Å². The average molecular weight is 555 g/mol. The maximum Gasteiger partial charge on any atom is 0.303 e. The molecule has 13 heteroatoms. The summed E-state index contributed by atoms with van der Waals surface area (Å²) < 4.78 is 39.1. The lowest BCUT2D eigenvalue weighted by atomic mass is 9.92. The van der Waals surface area contributed by atoms with E-state index in [9.17, 15) is 29.4 Å². The van der Waals surface area contributed by atoms with Crippen LogP contribution in [0.3, 0.4) is 0 Å². The molecule has 0 aliphatic carbocycles. The van der Waals surface area contributed by atoms with Crippen LogP contribution in [0.2, 0.25) is 0 Å². The minimum absolute atomic E-state index is 0.0436. The molecule has 13 nitrogen and oxygen atoms in total. The molecule has 0 bridgehead atoms. The second kappa shape index (κ2) is 13.7. The fourth-order valence-electron chi connectivity index (χ4n) is 4.51. The first kappa shape index (κ1) is 30.3. The Bertz CT molecular complexity index is 1030. The molecule has 39 heavy (non-hydrogen) atoms. The molecular formula is C26H34O13. The highest BCUT2D eigenvalue weighted by Crippen LogP contribution is 2.37. The maximum atomic E-state index is 11.9. The number of esters is 4. The molecule has 0 spiro atoms. The quantitative estimate of drug-likeness (QED) is 0.328. The number of aliphatic hydroxyl groups is 1. The van der Waals surface area contributed by atoms with E-state index in [0.717, 1.165) is 0 Å². The Balaban J connectivity index is 1.90. The van der Waals surface area contributed by atoms with Crippen LogP contribution in [-0.2, 0) is 52.3 Å². The van der Waals surface area contributed by atoms with E-state index in [1.54, 1.807) is 12.1 Å². The molecule has 2 heterocycles. The number of hydrogen-bond donors (Lipinski definition) is 2. The number of aromatic hydroxyl groups is 1. The van der Waals surface area contributed by atoms with Crippen LogP contribution < -0.4 is 0 Å². The van der Waals surface area contributed by atoms with Gasteiger partial charge in [-0.05, 0) is 17.7 Å². The second-order valence-electron chi connectivity index (χ2n) is 9.36. The van der Waals surface area contributed by atoms with Crippen molar-refractivity contribution in [1.82, 2.24) is 0 Å². The van der Waals surface area contributed by atoms with Crippen molar-refractivity contribution in [3.05, 3.63) is 29.8 Å². The number of carbonyl (C=O) groups excluding carboxylic acids is 4. The average Bonchev–Trinajstić information content (AvgIpc) is 2.84. The van der Waals surface area contributed by atoms with Crippen molar-refractivity contribution < 1.29 is 62.5 Å². The van der Waals surface area contributed by atoms with Gasteiger partial charge in [-0.15, -0.1) is 0 Å². The molecule has 3 rings (SSSR count). The number of phenols is 1. The van der Waals surface area contributed by atoms with Crippen LogP contribution in [0.25, 0.3) is 0 Å². The number of ether oxygens (including phenoxy) is 7. The van der Waals surface area contributed by atoms with E-state index in [-0.39, 0.29) is 31.8 Å². The molecule has 1 aromatic rings. The minimum atomic E-state index is -1.34. The number of carbonyl (C=O) groups is 4. The monoisotopic (exact) mass is 554 g/mol. The zero-order valence-electron chi connectivity index (χ0n) is 22.1. The number of hydrogen-bond acceptors (Lipinski definition) is 13. The predicted molar refractivity (Wildman–Crippen MR) is 129 cm³/mol. The molecule has 0 amide bonds. The Morgan fingerprint density at radius 1 is 0.846 bits per heavy atom. The highest BCUT2D eigenvalue weighted by Gasteiger charge is 2.48. The van der Waals surface area contributed by atoms with E-state index in [4.69, 9.17) is 33.2 Å². The van der Waals surface area contributed by atoms with Gasteiger partial charge in [0.05, 0.1) is 18.3 Å². The van der Waals surface area contributed by atoms with Gasteiger partial charge in [0, 0.05) is 40.5 Å². The Labute approximate surface area is 225 Å². The van der Waals surface area contributed by atoms with Crippen LogP contribution in [0.1, 0.15) is 52.2 Å². The van der Waals surface area contributed by atoms with Crippen LogP contribution >= 0.6 is 0 Å². The van der Waals surface area contributed by atoms with Crippen molar-refractivity contribution in [2.24, 2.45) is 0 Å². The lowest BCUT2D eigenvalue weighted by Crippen LogP contribution is -2.57. The van der Waals surface area contributed by atoms with E-state index < -0.39 is 72.9 Å². The van der Waals surface area contributed by atoms with Crippen molar-refractivity contribution in [2.75, 3.05) is 13.2 Å². The minimum Gasteiger partial charge on any atom is -0.508 e. The van der Waals surface area contributed by atoms with E-state index in [1.165, 1.54) is 39.8 Å². The van der Waals surface area contributed by atoms with Crippen molar-refractivity contribution in [2.45, 2.75) is 89.6 Å². The van der Waals surface area contributed by atoms with Gasteiger partial charge >= 0.3 is 23.9 Å². The number of aliphatic hydroxyl groups excluding tert-OH is 1. The van der Waals surface area contributed by atoms with Crippen molar-refractivity contribution >= 4 is 23.9 Å². The molecule has 2 aliphatic heterocycles. The highest BCUT2D eigenvalue weighted by molar-refractivity contribution is 5.67. The normalized spacial score (nSPS) is 30.6. The maximum absolute atomic E-state index is 11.9. The smallest absolute Gasteiger partial charge is 0.303 e. The molecule has 8 unspecified atom stereocenters. The Morgan fingerprint density at radius 3 is 2.00 bits per heavy atom. The van der Waals surface area contributed by atoms with Gasteiger partial charge in [0.25, 0.3) is 0 Å². The molecule has 0 radical (unpaired) electrons. The van der Waals surface area contributed by atoms with Gasteiger partial charge in [-0.3, -0.25) is 19.2 Å². The molecule has 2 N–H and O–H groups in total. The summed E-state index contributed by atoms with van der Waals surface area (Å²) in [5.41, 5.74) is 0.440. The molecule has 2 saturated heterocycles. The lowest BCUT2D eigenvalue weighted by Gasteiger charge is -2.44. The zero-order valence-corrected chi connectivity index (χ0v) is 22.1. The molecule has 1 aromatic carbocycles. The SMILES string of the molecule is CC(=O)OCC1CC(OC(C)=O)C(OC(C)=O)C(OC2CC(COC(C)=O)OC(c3cccc(O)c3)C2O)O1. The van der Waals surface area contributed by atoms with Gasteiger partial charge in [0.2, 0.25) is 0 Å². The standard InChI is InChI=1S/C26H34O13/c1-13(27)33-11-19-9-21(23(32)24(37-19)17-6-5-7-18(31)8-17)39-26-25(36-16(4)30)22(35-15(3)29)10-20(38-26)12-34-14(2)28/h5-8,19-26,31-32H,9-12H2,1-4H3. The Kier molecular flexibility index (Phi) is 10.6. The third-order valence-corrected chi connectivity index (χ3v) is 6.05. The lowest BCUT2D eigenvalue weighted by molar-refractivity contribution is -0.312. The van der Waals surface area contributed by atoms with Crippen LogP contribution in [0.5, 0.6) is 5.75 Å². The van der Waals surface area contributed by atoms with Gasteiger partial charge in [-0.25, -0.2) is 0 Å². The van der Waals surface area contributed by atoms with Gasteiger partial charge in [0.15, 0.2) is 12.4 Å². The first-order valence-corrected chi connectivity index (χ1v) is 12.5. The van der Waals surface area contributed by atoms with Gasteiger partial charge < -0.3 is 43.4 Å². The topological polar surface area (TPSA) is 173 Å². The van der Waals surface area contributed by atoms with E-state index >= 15 is 0 Å². The van der Waals surface area contributed by atoms with E-state index in [2.05, 4.69) is 0 Å². The summed E-state index contributed by atoms with van der Waals surface area (Å²) in [6.45, 7) is 4.52. The van der Waals surface area contributed by atoms with E-state index in [1.807, 2.05) is 0 Å². The largest absolute Gasteiger partial charge is 0.508 e. The Morgan fingerprint density at radius 2 is 1.44 bits per heavy atom. The third-order valence-electron chi connectivity index (χ3n) is 6.05. The number of phenolic OH excluding ortho intramolecular Hbond substituents is 1. The van der Waals surface area contributed by atoms with Gasteiger partial charge in [-0.1, -0.05) is 12.1 Å². The van der Waals surface area contributed by atoms with Gasteiger partial charge in [0.1, 0.15) is 37.3 Å². The molecule has 0 aromatic heterocycles. The zero-order chi connectivity index (χ0) is 28.7.